The summed E-state index contributed by atoms with van der Waals surface area (Å²) in [5, 5.41) is 12.8. The molecule has 1 fully saturated rings. The molecule has 1 rings (SSSR count). The molecule has 0 aromatic carbocycles. The van der Waals surface area contributed by atoms with Crippen molar-refractivity contribution in [2.75, 3.05) is 13.1 Å². The maximum absolute atomic E-state index is 9.38. The third kappa shape index (κ3) is 5.81. The molecule has 1 aliphatic carbocycles. The van der Waals surface area contributed by atoms with Crippen LogP contribution >= 0.6 is 0 Å². The van der Waals surface area contributed by atoms with E-state index in [0.29, 0.717) is 6.04 Å². The minimum atomic E-state index is -0.375. The Balaban J connectivity index is 2.38. The molecule has 0 spiro atoms. The molecule has 20 heavy (non-hydrogen) atoms. The number of hydrogen-bond acceptors (Lipinski definition) is 3. The Morgan fingerprint density at radius 3 is 2.45 bits per heavy atom. The fraction of sp³-hybridized carbons (Fsp3) is 0.941. The molecule has 3 heteroatoms. The summed E-state index contributed by atoms with van der Waals surface area (Å²) in [6.07, 6.45) is 8.98. The second-order valence-corrected chi connectivity index (χ2v) is 6.77. The molecule has 1 atom stereocenters. The maximum Gasteiger partial charge on any atom is 0.104 e. The average molecular weight is 279 g/mol. The predicted molar refractivity (Wildman–Crippen MR) is 85.6 cm³/mol. The van der Waals surface area contributed by atoms with Crippen molar-refractivity contribution in [2.45, 2.75) is 90.3 Å². The number of hydrogen-bond donors (Lipinski definition) is 1. The van der Waals surface area contributed by atoms with Crippen molar-refractivity contribution in [3.8, 4) is 6.07 Å². The number of nitrogens with zero attached hydrogens (tertiary/aromatic N) is 2. The first kappa shape index (κ1) is 17.5. The monoisotopic (exact) mass is 279 g/mol. The Hall–Kier alpha value is -0.590. The van der Waals surface area contributed by atoms with E-state index in [0.717, 1.165) is 32.0 Å². The molecule has 0 heterocycles. The van der Waals surface area contributed by atoms with Gasteiger partial charge in [0.2, 0.25) is 0 Å². The van der Waals surface area contributed by atoms with Gasteiger partial charge in [-0.2, -0.15) is 5.26 Å². The number of nitriles is 1. The van der Waals surface area contributed by atoms with Crippen LogP contribution in [-0.4, -0.2) is 35.6 Å². The summed E-state index contributed by atoms with van der Waals surface area (Å²) in [5.74, 6) is 0. The highest BCUT2D eigenvalue weighted by atomic mass is 15.1. The van der Waals surface area contributed by atoms with Crippen LogP contribution in [0.5, 0.6) is 0 Å². The molecule has 0 saturated heterocycles. The highest BCUT2D eigenvalue weighted by Crippen LogP contribution is 2.23. The molecule has 1 saturated carbocycles. The highest BCUT2D eigenvalue weighted by Gasteiger charge is 2.25. The Labute approximate surface area is 125 Å². The Morgan fingerprint density at radius 1 is 1.30 bits per heavy atom. The lowest BCUT2D eigenvalue weighted by molar-refractivity contribution is 0.157. The van der Waals surface area contributed by atoms with Crippen LogP contribution < -0.4 is 5.32 Å². The third-order valence-electron chi connectivity index (χ3n) is 4.47. The van der Waals surface area contributed by atoms with Gasteiger partial charge < -0.3 is 4.90 Å². The van der Waals surface area contributed by atoms with Gasteiger partial charge in [-0.3, -0.25) is 5.32 Å². The summed E-state index contributed by atoms with van der Waals surface area (Å²) in [4.78, 5) is 2.63. The first-order valence-electron chi connectivity index (χ1n) is 8.43. The topological polar surface area (TPSA) is 39.1 Å². The van der Waals surface area contributed by atoms with E-state index >= 15 is 0 Å². The molecule has 0 aliphatic heterocycles. The Kier molecular flexibility index (Phi) is 7.55. The second kappa shape index (κ2) is 8.64. The molecule has 0 radical (unpaired) electrons. The van der Waals surface area contributed by atoms with Gasteiger partial charge in [0.25, 0.3) is 0 Å². The molecular weight excluding hydrogens is 246 g/mol. The summed E-state index contributed by atoms with van der Waals surface area (Å²) in [7, 11) is 0. The zero-order valence-electron chi connectivity index (χ0n) is 13.9. The van der Waals surface area contributed by atoms with Crippen molar-refractivity contribution in [2.24, 2.45) is 0 Å². The van der Waals surface area contributed by atoms with E-state index < -0.39 is 0 Å². The molecule has 1 aliphatic rings. The van der Waals surface area contributed by atoms with Gasteiger partial charge in [-0.15, -0.1) is 0 Å². The van der Waals surface area contributed by atoms with Gasteiger partial charge in [0.1, 0.15) is 5.54 Å². The molecule has 0 amide bonds. The van der Waals surface area contributed by atoms with Crippen LogP contribution in [0.4, 0.5) is 0 Å². The van der Waals surface area contributed by atoms with Crippen LogP contribution in [0.25, 0.3) is 0 Å². The molecule has 0 aromatic heterocycles. The average Bonchev–Trinajstić information content (AvgIpc) is 2.44. The normalized spacial score (nSPS) is 20.1. The van der Waals surface area contributed by atoms with E-state index in [-0.39, 0.29) is 5.54 Å². The zero-order valence-corrected chi connectivity index (χ0v) is 13.9. The highest BCUT2D eigenvalue weighted by molar-refractivity contribution is 5.04. The summed E-state index contributed by atoms with van der Waals surface area (Å²) in [6.45, 7) is 10.8. The fourth-order valence-corrected chi connectivity index (χ4v) is 3.48. The predicted octanol–water partition coefficient (Wildman–Crippen LogP) is 3.70. The molecule has 0 aromatic rings. The lowest BCUT2D eigenvalue weighted by Gasteiger charge is -2.34. The van der Waals surface area contributed by atoms with Crippen molar-refractivity contribution in [1.82, 2.24) is 10.2 Å². The maximum atomic E-state index is 9.38. The largest absolute Gasteiger partial charge is 0.301 e. The first-order chi connectivity index (χ1) is 9.50. The van der Waals surface area contributed by atoms with Crippen molar-refractivity contribution < 1.29 is 0 Å². The SMILES string of the molecule is CCN(CCCC(C)(C#N)NC(C)C)C1CCCCC1. The summed E-state index contributed by atoms with van der Waals surface area (Å²) >= 11 is 0. The molecule has 1 unspecified atom stereocenters. The zero-order chi connectivity index (χ0) is 15.0. The van der Waals surface area contributed by atoms with E-state index in [1.165, 1.54) is 32.1 Å². The van der Waals surface area contributed by atoms with Gasteiger partial charge in [-0.1, -0.05) is 26.2 Å². The minimum Gasteiger partial charge on any atom is -0.301 e. The summed E-state index contributed by atoms with van der Waals surface area (Å²) in [5.41, 5.74) is -0.375. The third-order valence-corrected chi connectivity index (χ3v) is 4.47. The molecule has 116 valence electrons. The first-order valence-corrected chi connectivity index (χ1v) is 8.43. The van der Waals surface area contributed by atoms with Crippen molar-refractivity contribution in [3.63, 3.8) is 0 Å². The van der Waals surface area contributed by atoms with Crippen LogP contribution in [0.2, 0.25) is 0 Å². The van der Waals surface area contributed by atoms with Crippen LogP contribution in [0.15, 0.2) is 0 Å². The van der Waals surface area contributed by atoms with E-state index in [1.54, 1.807) is 0 Å². The summed E-state index contributed by atoms with van der Waals surface area (Å²) in [6, 6.07) is 3.60. The molecule has 0 bridgehead atoms. The van der Waals surface area contributed by atoms with Gasteiger partial charge >= 0.3 is 0 Å². The van der Waals surface area contributed by atoms with Crippen LogP contribution in [-0.2, 0) is 0 Å². The smallest absolute Gasteiger partial charge is 0.104 e. The number of nitrogens with one attached hydrogen (secondary N) is 1. The van der Waals surface area contributed by atoms with E-state index in [4.69, 9.17) is 0 Å². The summed E-state index contributed by atoms with van der Waals surface area (Å²) < 4.78 is 0. The molecular formula is C17H33N3. The van der Waals surface area contributed by atoms with Crippen molar-refractivity contribution in [3.05, 3.63) is 0 Å². The van der Waals surface area contributed by atoms with E-state index in [1.807, 2.05) is 6.92 Å². The van der Waals surface area contributed by atoms with Crippen LogP contribution in [0.3, 0.4) is 0 Å². The van der Waals surface area contributed by atoms with E-state index in [2.05, 4.69) is 37.1 Å². The Bertz CT molecular complexity index is 302. The standard InChI is InChI=1S/C17H33N3/c1-5-20(16-10-7-6-8-11-16)13-9-12-17(4,14-18)19-15(2)3/h15-16,19H,5-13H2,1-4H3. The molecule has 1 N–H and O–H groups in total. The minimum absolute atomic E-state index is 0.361. The van der Waals surface area contributed by atoms with E-state index in [9.17, 15) is 5.26 Å². The van der Waals surface area contributed by atoms with Gasteiger partial charge in [-0.05, 0) is 59.5 Å². The van der Waals surface area contributed by atoms with Gasteiger partial charge in [0.05, 0.1) is 6.07 Å². The van der Waals surface area contributed by atoms with Gasteiger partial charge in [-0.25, -0.2) is 0 Å². The van der Waals surface area contributed by atoms with Gasteiger partial charge in [0.15, 0.2) is 0 Å². The van der Waals surface area contributed by atoms with Gasteiger partial charge in [0, 0.05) is 12.1 Å². The lowest BCUT2D eigenvalue weighted by atomic mass is 9.93. The van der Waals surface area contributed by atoms with Crippen LogP contribution in [0.1, 0.15) is 72.6 Å². The fourth-order valence-electron chi connectivity index (χ4n) is 3.48. The van der Waals surface area contributed by atoms with Crippen molar-refractivity contribution >= 4 is 0 Å². The number of rotatable bonds is 8. The molecule has 3 nitrogen and oxygen atoms in total. The Morgan fingerprint density at radius 2 is 1.95 bits per heavy atom. The van der Waals surface area contributed by atoms with Crippen LogP contribution in [0, 0.1) is 11.3 Å². The second-order valence-electron chi connectivity index (χ2n) is 6.77. The van der Waals surface area contributed by atoms with Crippen molar-refractivity contribution in [1.29, 1.82) is 5.26 Å². The quantitative estimate of drug-likeness (QED) is 0.736. The lowest BCUT2D eigenvalue weighted by Crippen LogP contribution is -2.45.